The van der Waals surface area contributed by atoms with E-state index >= 15 is 0 Å². The summed E-state index contributed by atoms with van der Waals surface area (Å²) in [6.07, 6.45) is 0. The van der Waals surface area contributed by atoms with Crippen molar-refractivity contribution in [1.29, 1.82) is 5.41 Å². The van der Waals surface area contributed by atoms with Gasteiger partial charge in [0.15, 0.2) is 5.17 Å². The van der Waals surface area contributed by atoms with Crippen LogP contribution in [0.2, 0.25) is 0 Å². The fraction of sp³-hybridized carbons (Fsp3) is 0.714. The average molecular weight is 189 g/mol. The maximum atomic E-state index is 11.0. The molecule has 0 rings (SSSR count). The standard InChI is InChI=1S/C7H15N3OS/c1-5(2)12-6(8)9-7(11)10(3)4/h5H,1-4H3,(H2,8,9,11). The van der Waals surface area contributed by atoms with Crippen molar-refractivity contribution in [3.63, 3.8) is 0 Å². The lowest BCUT2D eigenvalue weighted by Crippen LogP contribution is -2.37. The smallest absolute Gasteiger partial charge is 0.322 e. The summed E-state index contributed by atoms with van der Waals surface area (Å²) < 4.78 is 0. The van der Waals surface area contributed by atoms with Crippen LogP contribution in [0.15, 0.2) is 0 Å². The maximum Gasteiger partial charge on any atom is 0.322 e. The highest BCUT2D eigenvalue weighted by Crippen LogP contribution is 2.08. The zero-order valence-corrected chi connectivity index (χ0v) is 8.66. The number of carbonyl (C=O) groups is 1. The van der Waals surface area contributed by atoms with Crippen LogP contribution in [0.3, 0.4) is 0 Å². The van der Waals surface area contributed by atoms with Crippen LogP contribution in [-0.4, -0.2) is 35.4 Å². The highest BCUT2D eigenvalue weighted by molar-refractivity contribution is 8.14. The van der Waals surface area contributed by atoms with E-state index in [4.69, 9.17) is 5.41 Å². The number of amides is 2. The molecular formula is C7H15N3OS. The predicted octanol–water partition coefficient (Wildman–Crippen LogP) is 1.33. The number of amidine groups is 1. The van der Waals surface area contributed by atoms with Gasteiger partial charge in [-0.05, 0) is 0 Å². The molecule has 4 nitrogen and oxygen atoms in total. The molecule has 0 aromatic heterocycles. The number of urea groups is 1. The van der Waals surface area contributed by atoms with Crippen LogP contribution in [0.1, 0.15) is 13.8 Å². The molecule has 5 heteroatoms. The van der Waals surface area contributed by atoms with Crippen LogP contribution < -0.4 is 5.32 Å². The molecule has 2 N–H and O–H groups in total. The van der Waals surface area contributed by atoms with Crippen molar-refractivity contribution < 1.29 is 4.79 Å². The van der Waals surface area contributed by atoms with Gasteiger partial charge >= 0.3 is 6.03 Å². The molecule has 0 aromatic rings. The van der Waals surface area contributed by atoms with E-state index in [0.717, 1.165) is 0 Å². The van der Waals surface area contributed by atoms with Gasteiger partial charge in [-0.1, -0.05) is 25.6 Å². The molecule has 0 heterocycles. The fourth-order valence-corrected chi connectivity index (χ4v) is 1.09. The largest absolute Gasteiger partial charge is 0.331 e. The Morgan fingerprint density at radius 3 is 2.33 bits per heavy atom. The van der Waals surface area contributed by atoms with Crippen LogP contribution in [0.5, 0.6) is 0 Å². The molecular weight excluding hydrogens is 174 g/mol. The number of carbonyl (C=O) groups excluding carboxylic acids is 1. The SMILES string of the molecule is CC(C)SC(=N)NC(=O)N(C)C. The van der Waals surface area contributed by atoms with Gasteiger partial charge in [0.25, 0.3) is 0 Å². The second-order valence-electron chi connectivity index (χ2n) is 2.82. The molecule has 0 unspecified atom stereocenters. The van der Waals surface area contributed by atoms with Gasteiger partial charge in [-0.2, -0.15) is 0 Å². The van der Waals surface area contributed by atoms with E-state index in [9.17, 15) is 4.79 Å². The second kappa shape index (κ2) is 5.03. The molecule has 0 saturated heterocycles. The molecule has 0 aliphatic rings. The van der Waals surface area contributed by atoms with Gasteiger partial charge in [-0.15, -0.1) is 0 Å². The molecule has 2 amide bonds. The number of thioether (sulfide) groups is 1. The lowest BCUT2D eigenvalue weighted by Gasteiger charge is -2.12. The van der Waals surface area contributed by atoms with Crippen LogP contribution >= 0.6 is 11.8 Å². The van der Waals surface area contributed by atoms with Crippen LogP contribution in [0.25, 0.3) is 0 Å². The Balaban J connectivity index is 3.77. The third kappa shape index (κ3) is 5.01. The van der Waals surface area contributed by atoms with E-state index in [1.54, 1.807) is 14.1 Å². The number of rotatable bonds is 1. The zero-order valence-electron chi connectivity index (χ0n) is 7.84. The maximum absolute atomic E-state index is 11.0. The van der Waals surface area contributed by atoms with Gasteiger partial charge in [-0.3, -0.25) is 10.7 Å². The normalized spacial score (nSPS) is 9.75. The zero-order chi connectivity index (χ0) is 9.72. The number of hydrogen-bond acceptors (Lipinski definition) is 3. The molecule has 0 aliphatic carbocycles. The van der Waals surface area contributed by atoms with E-state index in [-0.39, 0.29) is 11.2 Å². The van der Waals surface area contributed by atoms with Crippen molar-refractivity contribution >= 4 is 23.0 Å². The molecule has 0 saturated carbocycles. The number of hydrogen-bond donors (Lipinski definition) is 2. The molecule has 0 aromatic carbocycles. The Bertz CT molecular complexity index is 179. The summed E-state index contributed by atoms with van der Waals surface area (Å²) >= 11 is 1.32. The number of nitrogens with one attached hydrogen (secondary N) is 2. The first-order valence-electron chi connectivity index (χ1n) is 3.67. The highest BCUT2D eigenvalue weighted by Gasteiger charge is 2.07. The quantitative estimate of drug-likeness (QED) is 0.483. The Labute approximate surface area is 77.2 Å². The molecule has 0 fully saturated rings. The third-order valence-corrected chi connectivity index (χ3v) is 1.79. The Morgan fingerprint density at radius 2 is 2.00 bits per heavy atom. The van der Waals surface area contributed by atoms with Gasteiger partial charge in [0.05, 0.1) is 0 Å². The minimum Gasteiger partial charge on any atom is -0.331 e. The highest BCUT2D eigenvalue weighted by atomic mass is 32.2. The molecule has 0 radical (unpaired) electrons. The summed E-state index contributed by atoms with van der Waals surface area (Å²) in [7, 11) is 3.28. The van der Waals surface area contributed by atoms with Crippen molar-refractivity contribution in [2.75, 3.05) is 14.1 Å². The van der Waals surface area contributed by atoms with E-state index in [0.29, 0.717) is 5.25 Å². The number of nitrogens with zero attached hydrogens (tertiary/aromatic N) is 1. The second-order valence-corrected chi connectivity index (χ2v) is 4.41. The molecule has 0 atom stereocenters. The molecule has 0 aliphatic heterocycles. The summed E-state index contributed by atoms with van der Waals surface area (Å²) in [6.45, 7) is 3.95. The van der Waals surface area contributed by atoms with E-state index in [1.807, 2.05) is 13.8 Å². The fourth-order valence-electron chi connectivity index (χ4n) is 0.474. The van der Waals surface area contributed by atoms with Crippen molar-refractivity contribution in [3.8, 4) is 0 Å². The van der Waals surface area contributed by atoms with Crippen molar-refractivity contribution in [3.05, 3.63) is 0 Å². The average Bonchev–Trinajstić information content (AvgIpc) is 1.84. The summed E-state index contributed by atoms with van der Waals surface area (Å²) in [4.78, 5) is 12.4. The van der Waals surface area contributed by atoms with Gasteiger partial charge in [0.1, 0.15) is 0 Å². The van der Waals surface area contributed by atoms with Crippen molar-refractivity contribution in [2.45, 2.75) is 19.1 Å². The summed E-state index contributed by atoms with van der Waals surface area (Å²) in [5, 5.41) is 10.3. The Morgan fingerprint density at radius 1 is 1.50 bits per heavy atom. The van der Waals surface area contributed by atoms with Gasteiger partial charge in [0.2, 0.25) is 0 Å². The van der Waals surface area contributed by atoms with E-state index in [2.05, 4.69) is 5.32 Å². The first kappa shape index (κ1) is 11.3. The molecule has 70 valence electrons. The van der Waals surface area contributed by atoms with Crippen LogP contribution in [0.4, 0.5) is 4.79 Å². The van der Waals surface area contributed by atoms with Crippen LogP contribution in [-0.2, 0) is 0 Å². The lowest BCUT2D eigenvalue weighted by molar-refractivity contribution is 0.222. The van der Waals surface area contributed by atoms with Gasteiger partial charge < -0.3 is 4.90 Å². The van der Waals surface area contributed by atoms with E-state index < -0.39 is 0 Å². The van der Waals surface area contributed by atoms with E-state index in [1.165, 1.54) is 16.7 Å². The van der Waals surface area contributed by atoms with Gasteiger partial charge in [0, 0.05) is 19.3 Å². The minimum absolute atomic E-state index is 0.198. The summed E-state index contributed by atoms with van der Waals surface area (Å²) in [6, 6.07) is -0.256. The first-order valence-corrected chi connectivity index (χ1v) is 4.55. The van der Waals surface area contributed by atoms with Crippen molar-refractivity contribution in [1.82, 2.24) is 10.2 Å². The van der Waals surface area contributed by atoms with Gasteiger partial charge in [-0.25, -0.2) is 4.79 Å². The summed E-state index contributed by atoms with van der Waals surface area (Å²) in [5.74, 6) is 0. The monoisotopic (exact) mass is 189 g/mol. The Kier molecular flexibility index (Phi) is 4.73. The predicted molar refractivity (Wildman–Crippen MR) is 52.7 cm³/mol. The van der Waals surface area contributed by atoms with Crippen molar-refractivity contribution in [2.24, 2.45) is 0 Å². The minimum atomic E-state index is -0.256. The molecule has 12 heavy (non-hydrogen) atoms. The molecule has 0 bridgehead atoms. The molecule has 0 spiro atoms. The summed E-state index contributed by atoms with van der Waals surface area (Å²) in [5.41, 5.74) is 0. The van der Waals surface area contributed by atoms with Crippen LogP contribution in [0, 0.1) is 5.41 Å². The Hall–Kier alpha value is -0.710. The first-order chi connectivity index (χ1) is 5.43. The third-order valence-electron chi connectivity index (χ3n) is 0.980. The lowest BCUT2D eigenvalue weighted by atomic mass is 10.6. The topological polar surface area (TPSA) is 56.2 Å².